The summed E-state index contributed by atoms with van der Waals surface area (Å²) < 4.78 is 36.9. The average Bonchev–Trinajstić information content (AvgIpc) is 2.80. The molecular weight excluding hydrogens is 493 g/mol. The third-order valence-corrected chi connectivity index (χ3v) is 7.47. The van der Waals surface area contributed by atoms with Gasteiger partial charge in [-0.15, -0.1) is 0 Å². The van der Waals surface area contributed by atoms with Gasteiger partial charge in [-0.05, 0) is 36.4 Å². The van der Waals surface area contributed by atoms with E-state index < -0.39 is 21.2 Å². The molecule has 1 fully saturated rings. The predicted molar refractivity (Wildman–Crippen MR) is 125 cm³/mol. The number of hydrogen-bond donors (Lipinski definition) is 3. The smallest absolute Gasteiger partial charge is 0.341 e. The fraction of sp³-hybridized carbons (Fsp3) is 0.238. The Morgan fingerprint density at radius 3 is 2.70 bits per heavy atom. The Hall–Kier alpha value is -2.63. The number of morpholine rings is 1. The molecule has 1 unspecified atom stereocenters. The van der Waals surface area contributed by atoms with E-state index in [0.717, 1.165) is 0 Å². The molecule has 0 amide bonds. The van der Waals surface area contributed by atoms with E-state index in [1.807, 2.05) is 0 Å². The second kappa shape index (κ2) is 9.32. The van der Waals surface area contributed by atoms with Gasteiger partial charge in [0, 0.05) is 17.0 Å². The fourth-order valence-corrected chi connectivity index (χ4v) is 5.35. The number of aromatic nitrogens is 1. The lowest BCUT2D eigenvalue weighted by atomic mass is 10.1. The Kier molecular flexibility index (Phi) is 6.64. The lowest BCUT2D eigenvalue weighted by molar-refractivity contribution is 0.0694. The summed E-state index contributed by atoms with van der Waals surface area (Å²) in [7, 11) is -2.60. The topological polar surface area (TPSA) is 127 Å². The SMILES string of the molecule is COc1c(Cl)ccc(Nc2cc(S(=O)(=O)C3COCCN3)nc3ccc(Cl)cc23)c1C(=O)O. The Morgan fingerprint density at radius 1 is 1.24 bits per heavy atom. The van der Waals surface area contributed by atoms with Crippen LogP contribution < -0.4 is 15.4 Å². The van der Waals surface area contributed by atoms with E-state index in [9.17, 15) is 18.3 Å². The molecule has 12 heteroatoms. The minimum Gasteiger partial charge on any atom is -0.494 e. The third-order valence-electron chi connectivity index (χ3n) is 5.10. The first-order valence-electron chi connectivity index (χ1n) is 9.74. The molecule has 2 heterocycles. The first-order valence-corrected chi connectivity index (χ1v) is 12.0. The van der Waals surface area contributed by atoms with Gasteiger partial charge in [-0.25, -0.2) is 18.2 Å². The average molecular weight is 512 g/mol. The summed E-state index contributed by atoms with van der Waals surface area (Å²) >= 11 is 12.3. The number of ether oxygens (including phenoxy) is 2. The van der Waals surface area contributed by atoms with Crippen molar-refractivity contribution < 1.29 is 27.8 Å². The number of hydrogen-bond acceptors (Lipinski definition) is 8. The lowest BCUT2D eigenvalue weighted by Gasteiger charge is -2.24. The van der Waals surface area contributed by atoms with E-state index >= 15 is 0 Å². The number of nitrogens with one attached hydrogen (secondary N) is 2. The number of fused-ring (bicyclic) bond motifs is 1. The molecule has 0 spiro atoms. The minimum atomic E-state index is -3.91. The van der Waals surface area contributed by atoms with E-state index in [-0.39, 0.29) is 33.7 Å². The van der Waals surface area contributed by atoms with Crippen molar-refractivity contribution in [3.05, 3.63) is 52.0 Å². The van der Waals surface area contributed by atoms with Gasteiger partial charge in [0.2, 0.25) is 9.84 Å². The maximum absolute atomic E-state index is 13.2. The van der Waals surface area contributed by atoms with E-state index in [0.29, 0.717) is 34.8 Å². The number of methoxy groups -OCH3 is 1. The maximum atomic E-state index is 13.2. The molecule has 3 N–H and O–H groups in total. The van der Waals surface area contributed by atoms with Crippen molar-refractivity contribution in [1.82, 2.24) is 10.3 Å². The molecule has 1 aliphatic heterocycles. The van der Waals surface area contributed by atoms with Gasteiger partial charge in [-0.1, -0.05) is 23.2 Å². The molecular formula is C21H19Cl2N3O6S. The van der Waals surface area contributed by atoms with Gasteiger partial charge in [0.1, 0.15) is 10.9 Å². The summed E-state index contributed by atoms with van der Waals surface area (Å²) in [6.07, 6.45) is 0. The molecule has 9 nitrogen and oxygen atoms in total. The number of aromatic carboxylic acids is 1. The predicted octanol–water partition coefficient (Wildman–Crippen LogP) is 3.71. The molecule has 0 radical (unpaired) electrons. The zero-order valence-corrected chi connectivity index (χ0v) is 19.6. The fourth-order valence-electron chi connectivity index (χ4n) is 3.53. The molecule has 0 aliphatic carbocycles. The quantitative estimate of drug-likeness (QED) is 0.453. The summed E-state index contributed by atoms with van der Waals surface area (Å²) in [5.41, 5.74) is 0.602. The molecule has 174 valence electrons. The van der Waals surface area contributed by atoms with Crippen molar-refractivity contribution in [2.24, 2.45) is 0 Å². The monoisotopic (exact) mass is 511 g/mol. The second-order valence-electron chi connectivity index (χ2n) is 7.17. The van der Waals surface area contributed by atoms with Crippen LogP contribution in [0.5, 0.6) is 5.75 Å². The highest BCUT2D eigenvalue weighted by Crippen LogP contribution is 2.37. The van der Waals surface area contributed by atoms with Crippen molar-refractivity contribution in [3.63, 3.8) is 0 Å². The summed E-state index contributed by atoms with van der Waals surface area (Å²) in [5, 5.41) is 15.6. The molecule has 33 heavy (non-hydrogen) atoms. The van der Waals surface area contributed by atoms with Crippen molar-refractivity contribution in [2.45, 2.75) is 10.4 Å². The molecule has 1 aromatic heterocycles. The summed E-state index contributed by atoms with van der Waals surface area (Å²) in [6, 6.07) is 9.08. The van der Waals surface area contributed by atoms with Crippen LogP contribution in [0.3, 0.4) is 0 Å². The highest BCUT2D eigenvalue weighted by molar-refractivity contribution is 7.92. The third kappa shape index (κ3) is 4.57. The van der Waals surface area contributed by atoms with Crippen LogP contribution in [-0.4, -0.2) is 56.7 Å². The number of halogens is 2. The number of carboxylic acid groups (broad SMARTS) is 1. The summed E-state index contributed by atoms with van der Waals surface area (Å²) in [5.74, 6) is -1.30. The van der Waals surface area contributed by atoms with Crippen LogP contribution in [0.15, 0.2) is 41.4 Å². The molecule has 1 atom stereocenters. The number of carbonyl (C=O) groups is 1. The molecule has 0 saturated carbocycles. The largest absolute Gasteiger partial charge is 0.494 e. The molecule has 1 aliphatic rings. The highest BCUT2D eigenvalue weighted by Gasteiger charge is 2.31. The zero-order valence-electron chi connectivity index (χ0n) is 17.3. The zero-order chi connectivity index (χ0) is 23.8. The van der Waals surface area contributed by atoms with Crippen molar-refractivity contribution in [3.8, 4) is 5.75 Å². The van der Waals surface area contributed by atoms with E-state index in [1.165, 1.54) is 25.3 Å². The molecule has 3 aromatic rings. The van der Waals surface area contributed by atoms with Crippen LogP contribution in [-0.2, 0) is 14.6 Å². The normalized spacial score (nSPS) is 16.5. The van der Waals surface area contributed by atoms with Crippen molar-refractivity contribution in [1.29, 1.82) is 0 Å². The molecule has 1 saturated heterocycles. The molecule has 2 aromatic carbocycles. The van der Waals surface area contributed by atoms with Gasteiger partial charge >= 0.3 is 5.97 Å². The van der Waals surface area contributed by atoms with E-state index in [1.54, 1.807) is 18.2 Å². The summed E-state index contributed by atoms with van der Waals surface area (Å²) in [6.45, 7) is 0.798. The number of carboxylic acids is 1. The van der Waals surface area contributed by atoms with Crippen LogP contribution in [0.4, 0.5) is 11.4 Å². The second-order valence-corrected chi connectivity index (χ2v) is 10.1. The maximum Gasteiger partial charge on any atom is 0.341 e. The first-order chi connectivity index (χ1) is 15.7. The first kappa shape index (κ1) is 23.5. The van der Waals surface area contributed by atoms with Gasteiger partial charge < -0.3 is 19.9 Å². The Balaban J connectivity index is 1.89. The van der Waals surface area contributed by atoms with Gasteiger partial charge in [0.25, 0.3) is 0 Å². The van der Waals surface area contributed by atoms with Crippen LogP contribution in [0, 0.1) is 0 Å². The summed E-state index contributed by atoms with van der Waals surface area (Å²) in [4.78, 5) is 16.3. The number of sulfone groups is 1. The van der Waals surface area contributed by atoms with Gasteiger partial charge in [-0.2, -0.15) is 0 Å². The van der Waals surface area contributed by atoms with E-state index in [2.05, 4.69) is 15.6 Å². The molecule has 4 rings (SSSR count). The molecule has 0 bridgehead atoms. The highest BCUT2D eigenvalue weighted by atomic mass is 35.5. The van der Waals surface area contributed by atoms with Crippen LogP contribution in [0.25, 0.3) is 10.9 Å². The van der Waals surface area contributed by atoms with Crippen LogP contribution in [0.2, 0.25) is 10.0 Å². The standard InChI is InChI=1S/C21H19Cl2N3O6S/c1-31-20-13(23)3-5-15(19(20)21(27)28)25-16-9-17(26-14-4-2-11(22)8-12(14)16)33(29,30)18-10-32-7-6-24-18/h2-5,8-9,18,24H,6-7,10H2,1H3,(H,25,26)(H,27,28). The van der Waals surface area contributed by atoms with Crippen LogP contribution >= 0.6 is 23.2 Å². The minimum absolute atomic E-state index is 0.0109. The Labute approximate surface area is 199 Å². The number of nitrogens with zero attached hydrogens (tertiary/aromatic N) is 1. The Bertz CT molecular complexity index is 1340. The van der Waals surface area contributed by atoms with Crippen LogP contribution in [0.1, 0.15) is 10.4 Å². The number of anilines is 2. The Morgan fingerprint density at radius 2 is 2.03 bits per heavy atom. The van der Waals surface area contributed by atoms with Gasteiger partial charge in [0.15, 0.2) is 10.8 Å². The van der Waals surface area contributed by atoms with Crippen molar-refractivity contribution >= 4 is 61.3 Å². The van der Waals surface area contributed by atoms with Gasteiger partial charge in [-0.3, -0.25) is 5.32 Å². The van der Waals surface area contributed by atoms with Gasteiger partial charge in [0.05, 0.1) is 42.2 Å². The van der Waals surface area contributed by atoms with Crippen molar-refractivity contribution in [2.75, 3.05) is 32.2 Å². The van der Waals surface area contributed by atoms with E-state index in [4.69, 9.17) is 32.7 Å². The lowest BCUT2D eigenvalue weighted by Crippen LogP contribution is -2.46. The number of benzene rings is 2. The number of rotatable bonds is 6. The number of pyridine rings is 1.